The second kappa shape index (κ2) is 6.83. The summed E-state index contributed by atoms with van der Waals surface area (Å²) in [6.07, 6.45) is 1.91. The molecule has 0 aliphatic heterocycles. The summed E-state index contributed by atoms with van der Waals surface area (Å²) >= 11 is 1.71. The Labute approximate surface area is 101 Å². The molecule has 1 atom stereocenters. The minimum absolute atomic E-state index is 0.138. The van der Waals surface area contributed by atoms with Crippen LogP contribution in [0.5, 0.6) is 0 Å². The number of thiazole rings is 1. The maximum Gasteiger partial charge on any atom is 0.185 e. The standard InChI is InChI=1S/C11H21N3OS/c1-4-14(5-2)11-13-7-10(16-11)6-12-9(3)8-15/h7,9,12,15H,4-6,8H2,1-3H3/t9-/m1/s1. The minimum atomic E-state index is 0.138. The quantitative estimate of drug-likeness (QED) is 0.761. The first kappa shape index (κ1) is 13.4. The van der Waals surface area contributed by atoms with E-state index in [0.717, 1.165) is 24.8 Å². The van der Waals surface area contributed by atoms with E-state index in [1.807, 2.05) is 13.1 Å². The van der Waals surface area contributed by atoms with E-state index >= 15 is 0 Å². The summed E-state index contributed by atoms with van der Waals surface area (Å²) in [4.78, 5) is 7.85. The predicted molar refractivity (Wildman–Crippen MR) is 69.1 cm³/mol. The molecule has 1 aromatic heterocycles. The van der Waals surface area contributed by atoms with Crippen molar-refractivity contribution in [3.63, 3.8) is 0 Å². The monoisotopic (exact) mass is 243 g/mol. The second-order valence-corrected chi connectivity index (χ2v) is 4.84. The van der Waals surface area contributed by atoms with Gasteiger partial charge < -0.3 is 15.3 Å². The summed E-state index contributed by atoms with van der Waals surface area (Å²) in [5.74, 6) is 0. The zero-order chi connectivity index (χ0) is 12.0. The highest BCUT2D eigenvalue weighted by Gasteiger charge is 2.08. The third kappa shape index (κ3) is 3.73. The van der Waals surface area contributed by atoms with E-state index in [0.29, 0.717) is 0 Å². The normalized spacial score (nSPS) is 12.8. The number of hydrogen-bond donors (Lipinski definition) is 2. The molecule has 1 aromatic rings. The smallest absolute Gasteiger partial charge is 0.185 e. The van der Waals surface area contributed by atoms with Crippen LogP contribution in [0.15, 0.2) is 6.20 Å². The van der Waals surface area contributed by atoms with Gasteiger partial charge in [0.15, 0.2) is 5.13 Å². The van der Waals surface area contributed by atoms with Crippen LogP contribution in [0.3, 0.4) is 0 Å². The number of nitrogens with zero attached hydrogens (tertiary/aromatic N) is 2. The van der Waals surface area contributed by atoms with E-state index in [1.165, 1.54) is 4.88 Å². The molecule has 0 radical (unpaired) electrons. The van der Waals surface area contributed by atoms with Crippen LogP contribution < -0.4 is 10.2 Å². The van der Waals surface area contributed by atoms with E-state index in [-0.39, 0.29) is 12.6 Å². The summed E-state index contributed by atoms with van der Waals surface area (Å²) in [7, 11) is 0. The number of aromatic nitrogens is 1. The molecule has 1 heterocycles. The Morgan fingerprint density at radius 1 is 1.50 bits per heavy atom. The third-order valence-electron chi connectivity index (χ3n) is 2.47. The van der Waals surface area contributed by atoms with E-state index in [2.05, 4.69) is 29.0 Å². The molecule has 92 valence electrons. The van der Waals surface area contributed by atoms with Gasteiger partial charge in [-0.2, -0.15) is 0 Å². The molecule has 0 unspecified atom stereocenters. The van der Waals surface area contributed by atoms with Crippen molar-refractivity contribution in [1.82, 2.24) is 10.3 Å². The first-order valence-corrected chi connectivity index (χ1v) is 6.56. The molecule has 16 heavy (non-hydrogen) atoms. The summed E-state index contributed by atoms with van der Waals surface area (Å²) in [6.45, 7) is 9.16. The molecular weight excluding hydrogens is 222 g/mol. The Morgan fingerprint density at radius 3 is 2.75 bits per heavy atom. The first-order chi connectivity index (χ1) is 7.71. The number of aliphatic hydroxyl groups excluding tert-OH is 1. The Bertz CT molecular complexity index is 299. The van der Waals surface area contributed by atoms with Crippen molar-refractivity contribution < 1.29 is 5.11 Å². The van der Waals surface area contributed by atoms with Gasteiger partial charge in [0.05, 0.1) is 6.61 Å². The molecule has 2 N–H and O–H groups in total. The molecule has 1 rings (SSSR count). The molecule has 4 nitrogen and oxygen atoms in total. The predicted octanol–water partition coefficient (Wildman–Crippen LogP) is 1.46. The fraction of sp³-hybridized carbons (Fsp3) is 0.727. The van der Waals surface area contributed by atoms with Crippen molar-refractivity contribution in [2.75, 3.05) is 24.6 Å². The van der Waals surface area contributed by atoms with Gasteiger partial charge in [0.1, 0.15) is 0 Å². The fourth-order valence-electron chi connectivity index (χ4n) is 1.36. The average Bonchev–Trinajstić information content (AvgIpc) is 2.76. The highest BCUT2D eigenvalue weighted by Crippen LogP contribution is 2.21. The first-order valence-electron chi connectivity index (χ1n) is 5.75. The molecule has 0 bridgehead atoms. The van der Waals surface area contributed by atoms with Crippen LogP contribution in [0.25, 0.3) is 0 Å². The van der Waals surface area contributed by atoms with E-state index in [4.69, 9.17) is 5.11 Å². The lowest BCUT2D eigenvalue weighted by molar-refractivity contribution is 0.251. The molecule has 5 heteroatoms. The van der Waals surface area contributed by atoms with Crippen LogP contribution in [0, 0.1) is 0 Å². The Morgan fingerprint density at radius 2 is 2.19 bits per heavy atom. The molecular formula is C11H21N3OS. The highest BCUT2D eigenvalue weighted by atomic mass is 32.1. The van der Waals surface area contributed by atoms with Gasteiger partial charge in [0.2, 0.25) is 0 Å². The van der Waals surface area contributed by atoms with Crippen molar-refractivity contribution in [3.8, 4) is 0 Å². The van der Waals surface area contributed by atoms with Gasteiger partial charge in [-0.25, -0.2) is 4.98 Å². The number of aliphatic hydroxyl groups is 1. The lowest BCUT2D eigenvalue weighted by Crippen LogP contribution is -2.28. The zero-order valence-corrected chi connectivity index (χ0v) is 11.0. The van der Waals surface area contributed by atoms with Crippen LogP contribution >= 0.6 is 11.3 Å². The molecule has 0 aromatic carbocycles. The molecule has 0 aliphatic rings. The second-order valence-electron chi connectivity index (χ2n) is 3.75. The third-order valence-corrected chi connectivity index (χ3v) is 3.53. The van der Waals surface area contributed by atoms with Crippen LogP contribution in [-0.2, 0) is 6.54 Å². The average molecular weight is 243 g/mol. The minimum Gasteiger partial charge on any atom is -0.395 e. The maximum absolute atomic E-state index is 8.90. The maximum atomic E-state index is 8.90. The summed E-state index contributed by atoms with van der Waals surface area (Å²) in [6, 6.07) is 0.138. The summed E-state index contributed by atoms with van der Waals surface area (Å²) in [5.41, 5.74) is 0. The molecule has 0 saturated heterocycles. The van der Waals surface area contributed by atoms with Crippen LogP contribution in [0.1, 0.15) is 25.6 Å². The van der Waals surface area contributed by atoms with E-state index in [1.54, 1.807) is 11.3 Å². The molecule has 0 fully saturated rings. The van der Waals surface area contributed by atoms with Crippen LogP contribution in [0.2, 0.25) is 0 Å². The van der Waals surface area contributed by atoms with Gasteiger partial charge in [0.25, 0.3) is 0 Å². The number of rotatable bonds is 7. The molecule has 0 saturated carbocycles. The van der Waals surface area contributed by atoms with E-state index in [9.17, 15) is 0 Å². The Balaban J connectivity index is 2.51. The Hall–Kier alpha value is -0.650. The van der Waals surface area contributed by atoms with Crippen LogP contribution in [0.4, 0.5) is 5.13 Å². The highest BCUT2D eigenvalue weighted by molar-refractivity contribution is 7.15. The van der Waals surface area contributed by atoms with Gasteiger partial charge in [-0.05, 0) is 20.8 Å². The van der Waals surface area contributed by atoms with Gasteiger partial charge >= 0.3 is 0 Å². The molecule has 0 amide bonds. The summed E-state index contributed by atoms with van der Waals surface area (Å²) in [5, 5.41) is 13.2. The lowest BCUT2D eigenvalue weighted by Gasteiger charge is -2.16. The number of nitrogens with one attached hydrogen (secondary N) is 1. The van der Waals surface area contributed by atoms with Gasteiger partial charge in [-0.3, -0.25) is 0 Å². The molecule has 0 aliphatic carbocycles. The van der Waals surface area contributed by atoms with Crippen molar-refractivity contribution >= 4 is 16.5 Å². The zero-order valence-electron chi connectivity index (χ0n) is 10.2. The van der Waals surface area contributed by atoms with Crippen molar-refractivity contribution in [2.45, 2.75) is 33.4 Å². The van der Waals surface area contributed by atoms with Crippen molar-refractivity contribution in [2.24, 2.45) is 0 Å². The largest absolute Gasteiger partial charge is 0.395 e. The lowest BCUT2D eigenvalue weighted by atomic mass is 10.3. The molecule has 0 spiro atoms. The van der Waals surface area contributed by atoms with Crippen molar-refractivity contribution in [3.05, 3.63) is 11.1 Å². The van der Waals surface area contributed by atoms with Gasteiger partial charge in [-0.15, -0.1) is 11.3 Å². The van der Waals surface area contributed by atoms with Gasteiger partial charge in [0, 0.05) is 36.8 Å². The van der Waals surface area contributed by atoms with Gasteiger partial charge in [-0.1, -0.05) is 0 Å². The Kier molecular flexibility index (Phi) is 5.73. The SMILES string of the molecule is CCN(CC)c1ncc(CN[C@H](C)CO)s1. The van der Waals surface area contributed by atoms with Crippen molar-refractivity contribution in [1.29, 1.82) is 0 Å². The topological polar surface area (TPSA) is 48.4 Å². The van der Waals surface area contributed by atoms with Crippen LogP contribution in [-0.4, -0.2) is 35.8 Å². The summed E-state index contributed by atoms with van der Waals surface area (Å²) < 4.78 is 0. The fourth-order valence-corrected chi connectivity index (χ4v) is 2.35. The number of hydrogen-bond acceptors (Lipinski definition) is 5. The number of anilines is 1. The van der Waals surface area contributed by atoms with E-state index < -0.39 is 0 Å².